The molecule has 1 aliphatic carbocycles. The third kappa shape index (κ3) is 6.35. The molecule has 0 amide bonds. The fraction of sp³-hybridized carbons (Fsp3) is 0.238. The van der Waals surface area contributed by atoms with Gasteiger partial charge >= 0.3 is 0 Å². The van der Waals surface area contributed by atoms with Gasteiger partial charge in [0.25, 0.3) is 0 Å². The fourth-order valence-corrected chi connectivity index (χ4v) is 12.2. The summed E-state index contributed by atoms with van der Waals surface area (Å²) in [6.45, 7) is 28.4. The topological polar surface area (TPSA) is 6.48 Å². The Kier molecular flexibility index (Phi) is 9.92. The van der Waals surface area contributed by atoms with Gasteiger partial charge in [-0.15, -0.1) is 0 Å². The molecule has 1 aliphatic rings. The van der Waals surface area contributed by atoms with Crippen LogP contribution in [0.4, 0.5) is 34.1 Å². The Morgan fingerprint density at radius 2 is 0.769 bits per heavy atom. The summed E-state index contributed by atoms with van der Waals surface area (Å²) in [6, 6.07) is 59.7. The molecule has 0 saturated heterocycles. The molecule has 0 fully saturated rings. The molecule has 9 aromatic rings. The summed E-state index contributed by atoms with van der Waals surface area (Å²) in [7, 11) is 0. The van der Waals surface area contributed by atoms with Gasteiger partial charge in [0.2, 0.25) is 0 Å². The molecule has 0 aliphatic heterocycles. The van der Waals surface area contributed by atoms with Crippen molar-refractivity contribution in [3.63, 3.8) is 0 Å². The maximum atomic E-state index is 2.61. The number of aryl methyl sites for hydroxylation is 4. The molecule has 9 aromatic carbocycles. The SMILES string of the molecule is Cc1cc(N(c2ccccc2)c2ccc3c4c(c5ccccc5c3c2)-c2c(cc(N(c3ccccc3)c3cc(C)c(C)c(C)c3)c3ccccc23)C4(C(C)(C)C)C(C)(C)C)cc(C)c1C. The molecular formula is C63H62N2. The highest BCUT2D eigenvalue weighted by atomic mass is 15.1. The summed E-state index contributed by atoms with van der Waals surface area (Å²) in [5, 5.41) is 7.73. The minimum atomic E-state index is -0.418. The summed E-state index contributed by atoms with van der Waals surface area (Å²) >= 11 is 0. The Balaban J connectivity index is 1.35. The second-order valence-corrected chi connectivity index (χ2v) is 20.9. The van der Waals surface area contributed by atoms with Crippen LogP contribution < -0.4 is 9.80 Å². The number of para-hydroxylation sites is 2. The number of hydrogen-bond acceptors (Lipinski definition) is 2. The standard InChI is InChI=1S/C63H62N2/c1-39-33-48(34-40(2)43(39)5)64(45-23-15-13-16-24-45)47-31-32-54-55(37-47)50-27-19-21-29-52(50)59-58-53-30-22-20-28-51(53)57(38-56(58)63(60(54)59,61(7,8)9)62(10,11)12)65(46-25-17-14-18-26-46)49-35-41(3)44(6)42(4)36-49/h13-38H,1-12H3. The highest BCUT2D eigenvalue weighted by Gasteiger charge is 2.59. The van der Waals surface area contributed by atoms with Crippen molar-refractivity contribution in [1.82, 2.24) is 0 Å². The molecule has 0 heterocycles. The van der Waals surface area contributed by atoms with E-state index in [0.717, 1.165) is 17.1 Å². The lowest BCUT2D eigenvalue weighted by atomic mass is 9.49. The van der Waals surface area contributed by atoms with Crippen LogP contribution in [0.5, 0.6) is 0 Å². The fourth-order valence-electron chi connectivity index (χ4n) is 12.2. The zero-order valence-corrected chi connectivity index (χ0v) is 40.4. The zero-order valence-electron chi connectivity index (χ0n) is 40.4. The van der Waals surface area contributed by atoms with Gasteiger partial charge in [0.05, 0.1) is 5.69 Å². The molecule has 0 saturated carbocycles. The Morgan fingerprint density at radius 3 is 1.28 bits per heavy atom. The van der Waals surface area contributed by atoms with Crippen molar-refractivity contribution in [3.8, 4) is 11.1 Å². The predicted octanol–water partition coefficient (Wildman–Crippen LogP) is 18.3. The zero-order chi connectivity index (χ0) is 45.7. The minimum Gasteiger partial charge on any atom is -0.310 e. The van der Waals surface area contributed by atoms with Gasteiger partial charge < -0.3 is 9.80 Å². The van der Waals surface area contributed by atoms with Gasteiger partial charge in [-0.1, -0.05) is 133 Å². The second kappa shape index (κ2) is 15.2. The summed E-state index contributed by atoms with van der Waals surface area (Å²) in [6.07, 6.45) is 0. The first-order valence-corrected chi connectivity index (χ1v) is 23.4. The lowest BCUT2D eigenvalue weighted by Gasteiger charge is -2.53. The van der Waals surface area contributed by atoms with Gasteiger partial charge in [-0.2, -0.15) is 0 Å². The van der Waals surface area contributed by atoms with Crippen LogP contribution in [0.25, 0.3) is 43.4 Å². The van der Waals surface area contributed by atoms with E-state index in [1.807, 2.05) is 0 Å². The molecule has 65 heavy (non-hydrogen) atoms. The van der Waals surface area contributed by atoms with Crippen LogP contribution in [0.1, 0.15) is 86.1 Å². The highest BCUT2D eigenvalue weighted by molar-refractivity contribution is 6.23. The third-order valence-electron chi connectivity index (χ3n) is 15.2. The van der Waals surface area contributed by atoms with E-state index in [1.54, 1.807) is 0 Å². The van der Waals surface area contributed by atoms with Crippen LogP contribution >= 0.6 is 0 Å². The van der Waals surface area contributed by atoms with E-state index in [1.165, 1.54) is 105 Å². The molecule has 2 nitrogen and oxygen atoms in total. The van der Waals surface area contributed by atoms with Gasteiger partial charge in [0, 0.05) is 39.2 Å². The highest BCUT2D eigenvalue weighted by Crippen LogP contribution is 2.69. The van der Waals surface area contributed by atoms with Crippen molar-refractivity contribution < 1.29 is 0 Å². The molecule has 0 spiro atoms. The molecule has 0 unspecified atom stereocenters. The molecule has 0 radical (unpaired) electrons. The molecule has 0 bridgehead atoms. The van der Waals surface area contributed by atoms with E-state index in [2.05, 4.69) is 251 Å². The van der Waals surface area contributed by atoms with Crippen LogP contribution in [0.2, 0.25) is 0 Å². The van der Waals surface area contributed by atoms with Gasteiger partial charge in [0.1, 0.15) is 0 Å². The van der Waals surface area contributed by atoms with Crippen LogP contribution in [-0.4, -0.2) is 0 Å². The summed E-state index contributed by atoms with van der Waals surface area (Å²) in [4.78, 5) is 4.97. The van der Waals surface area contributed by atoms with E-state index in [4.69, 9.17) is 0 Å². The second-order valence-electron chi connectivity index (χ2n) is 20.9. The first-order chi connectivity index (χ1) is 31.0. The average Bonchev–Trinajstić information content (AvgIpc) is 3.62. The van der Waals surface area contributed by atoms with E-state index >= 15 is 0 Å². The molecular weight excluding hydrogens is 785 g/mol. The Bertz CT molecular complexity index is 3280. The van der Waals surface area contributed by atoms with Crippen molar-refractivity contribution >= 4 is 66.4 Å². The lowest BCUT2D eigenvalue weighted by Crippen LogP contribution is -2.50. The predicted molar refractivity (Wildman–Crippen MR) is 282 cm³/mol. The molecule has 2 heteroatoms. The van der Waals surface area contributed by atoms with E-state index in [9.17, 15) is 0 Å². The average molecular weight is 847 g/mol. The van der Waals surface area contributed by atoms with Crippen molar-refractivity contribution in [2.45, 2.75) is 88.5 Å². The van der Waals surface area contributed by atoms with Crippen LogP contribution in [0, 0.1) is 52.4 Å². The van der Waals surface area contributed by atoms with Gasteiger partial charge in [-0.25, -0.2) is 0 Å². The van der Waals surface area contributed by atoms with Crippen molar-refractivity contribution in [2.75, 3.05) is 9.80 Å². The number of fused-ring (bicyclic) bond motifs is 10. The third-order valence-corrected chi connectivity index (χ3v) is 15.2. The lowest BCUT2D eigenvalue weighted by molar-refractivity contribution is 0.0965. The monoisotopic (exact) mass is 846 g/mol. The first-order valence-electron chi connectivity index (χ1n) is 23.4. The molecule has 0 atom stereocenters. The molecule has 10 rings (SSSR count). The van der Waals surface area contributed by atoms with Gasteiger partial charge in [-0.05, 0) is 202 Å². The van der Waals surface area contributed by atoms with Crippen LogP contribution in [-0.2, 0) is 5.41 Å². The van der Waals surface area contributed by atoms with Crippen molar-refractivity contribution in [1.29, 1.82) is 0 Å². The maximum Gasteiger partial charge on any atom is 0.0543 e. The normalized spacial score (nSPS) is 13.4. The summed E-state index contributed by atoms with van der Waals surface area (Å²) in [5.74, 6) is 0. The first kappa shape index (κ1) is 42.3. The summed E-state index contributed by atoms with van der Waals surface area (Å²) < 4.78 is 0. The Labute approximate surface area is 387 Å². The Hall–Kier alpha value is -6.64. The molecule has 324 valence electrons. The van der Waals surface area contributed by atoms with Gasteiger partial charge in [0.15, 0.2) is 0 Å². The smallest absolute Gasteiger partial charge is 0.0543 e. The van der Waals surface area contributed by atoms with Crippen molar-refractivity contribution in [3.05, 3.63) is 202 Å². The molecule has 0 N–H and O–H groups in total. The number of benzene rings is 9. The Morgan fingerprint density at radius 1 is 0.338 bits per heavy atom. The quantitative estimate of drug-likeness (QED) is 0.154. The van der Waals surface area contributed by atoms with E-state index < -0.39 is 5.41 Å². The largest absolute Gasteiger partial charge is 0.310 e. The maximum absolute atomic E-state index is 2.61. The summed E-state index contributed by atoms with van der Waals surface area (Å²) in [5.41, 5.74) is 19.6. The van der Waals surface area contributed by atoms with Gasteiger partial charge in [-0.3, -0.25) is 0 Å². The number of rotatable bonds is 6. The number of anilines is 6. The van der Waals surface area contributed by atoms with E-state index in [0.29, 0.717) is 0 Å². The van der Waals surface area contributed by atoms with Crippen LogP contribution in [0.3, 0.4) is 0 Å². The van der Waals surface area contributed by atoms with Crippen LogP contribution in [0.15, 0.2) is 158 Å². The number of nitrogens with zero attached hydrogens (tertiary/aromatic N) is 2. The minimum absolute atomic E-state index is 0.208. The van der Waals surface area contributed by atoms with Crippen molar-refractivity contribution in [2.24, 2.45) is 10.8 Å². The van der Waals surface area contributed by atoms with E-state index in [-0.39, 0.29) is 10.8 Å². The number of hydrogen-bond donors (Lipinski definition) is 0. The molecule has 0 aromatic heterocycles.